The first-order valence-corrected chi connectivity index (χ1v) is 9.47. The third-order valence-electron chi connectivity index (χ3n) is 4.63. The summed E-state index contributed by atoms with van der Waals surface area (Å²) in [6.07, 6.45) is 3.17. The molecule has 1 aliphatic rings. The largest absolute Gasteiger partial charge is 0.338 e. The SMILES string of the molecule is Cc1ccc2c(c1)c(C1CCN(C)CC1)c(S(C)(=O)=O)n2N. The molecule has 0 aliphatic carbocycles. The van der Waals surface area contributed by atoms with Crippen LogP contribution in [-0.4, -0.2) is 44.4 Å². The highest BCUT2D eigenvalue weighted by Gasteiger charge is 2.30. The monoisotopic (exact) mass is 321 g/mol. The molecule has 0 saturated carbocycles. The average Bonchev–Trinajstić information content (AvgIpc) is 2.72. The summed E-state index contributed by atoms with van der Waals surface area (Å²) in [4.78, 5) is 2.28. The van der Waals surface area contributed by atoms with E-state index in [0.717, 1.165) is 48.0 Å². The molecule has 120 valence electrons. The van der Waals surface area contributed by atoms with Gasteiger partial charge in [-0.2, -0.15) is 0 Å². The molecule has 6 heteroatoms. The molecular weight excluding hydrogens is 298 g/mol. The molecule has 1 aliphatic heterocycles. The maximum Gasteiger partial charge on any atom is 0.193 e. The summed E-state index contributed by atoms with van der Waals surface area (Å²) in [5.74, 6) is 6.38. The van der Waals surface area contributed by atoms with Crippen molar-refractivity contribution in [2.75, 3.05) is 32.2 Å². The van der Waals surface area contributed by atoms with E-state index in [1.54, 1.807) is 0 Å². The number of likely N-dealkylation sites (tertiary alicyclic amines) is 1. The van der Waals surface area contributed by atoms with Crippen molar-refractivity contribution < 1.29 is 8.42 Å². The van der Waals surface area contributed by atoms with Crippen molar-refractivity contribution in [2.45, 2.75) is 30.7 Å². The number of aryl methyl sites for hydroxylation is 1. The van der Waals surface area contributed by atoms with Gasteiger partial charge in [-0.25, -0.2) is 8.42 Å². The third kappa shape index (κ3) is 2.50. The normalized spacial score (nSPS) is 18.1. The Hall–Kier alpha value is -1.53. The van der Waals surface area contributed by atoms with Crippen LogP contribution in [0.5, 0.6) is 0 Å². The van der Waals surface area contributed by atoms with Gasteiger partial charge in [0, 0.05) is 17.2 Å². The highest BCUT2D eigenvalue weighted by Crippen LogP contribution is 2.38. The van der Waals surface area contributed by atoms with Gasteiger partial charge in [-0.3, -0.25) is 4.68 Å². The van der Waals surface area contributed by atoms with Gasteiger partial charge in [0.25, 0.3) is 0 Å². The minimum atomic E-state index is -3.38. The van der Waals surface area contributed by atoms with Crippen LogP contribution in [-0.2, 0) is 9.84 Å². The third-order valence-corrected chi connectivity index (χ3v) is 5.75. The van der Waals surface area contributed by atoms with Crippen molar-refractivity contribution in [1.29, 1.82) is 0 Å². The summed E-state index contributed by atoms with van der Waals surface area (Å²) in [7, 11) is -1.28. The number of fused-ring (bicyclic) bond motifs is 1. The zero-order valence-electron chi connectivity index (χ0n) is 13.3. The first kappa shape index (κ1) is 15.4. The van der Waals surface area contributed by atoms with Crippen LogP contribution in [0.15, 0.2) is 23.2 Å². The second-order valence-electron chi connectivity index (χ2n) is 6.46. The van der Waals surface area contributed by atoms with E-state index in [0.29, 0.717) is 0 Å². The summed E-state index contributed by atoms with van der Waals surface area (Å²) in [5.41, 5.74) is 2.82. The Kier molecular flexibility index (Phi) is 3.69. The zero-order valence-corrected chi connectivity index (χ0v) is 14.2. The van der Waals surface area contributed by atoms with Crippen molar-refractivity contribution in [3.05, 3.63) is 29.3 Å². The van der Waals surface area contributed by atoms with Gasteiger partial charge in [-0.15, -0.1) is 0 Å². The highest BCUT2D eigenvalue weighted by molar-refractivity contribution is 7.90. The number of aromatic nitrogens is 1. The molecule has 0 radical (unpaired) electrons. The molecule has 5 nitrogen and oxygen atoms in total. The minimum Gasteiger partial charge on any atom is -0.338 e. The fourth-order valence-corrected chi connectivity index (χ4v) is 4.63. The number of nitrogens with zero attached hydrogens (tertiary/aromatic N) is 2. The number of hydrogen-bond acceptors (Lipinski definition) is 4. The summed E-state index contributed by atoms with van der Waals surface area (Å²) < 4.78 is 26.0. The Morgan fingerprint density at radius 2 is 1.86 bits per heavy atom. The lowest BCUT2D eigenvalue weighted by atomic mass is 9.89. The van der Waals surface area contributed by atoms with Crippen LogP contribution in [0.3, 0.4) is 0 Å². The van der Waals surface area contributed by atoms with Crippen LogP contribution in [0, 0.1) is 6.92 Å². The molecule has 22 heavy (non-hydrogen) atoms. The first-order chi connectivity index (χ1) is 10.3. The average molecular weight is 321 g/mol. The Labute approximate surface area is 131 Å². The van der Waals surface area contributed by atoms with Crippen LogP contribution in [0.4, 0.5) is 0 Å². The predicted octanol–water partition coefficient (Wildman–Crippen LogP) is 1.88. The van der Waals surface area contributed by atoms with Gasteiger partial charge in [0.2, 0.25) is 0 Å². The molecular formula is C16H23N3O2S. The van der Waals surface area contributed by atoms with Gasteiger partial charge < -0.3 is 10.7 Å². The molecule has 0 unspecified atom stereocenters. The van der Waals surface area contributed by atoms with Crippen LogP contribution in [0.1, 0.15) is 29.9 Å². The number of rotatable bonds is 2. The van der Waals surface area contributed by atoms with Crippen LogP contribution in [0.2, 0.25) is 0 Å². The van der Waals surface area contributed by atoms with Crippen molar-refractivity contribution >= 4 is 20.7 Å². The maximum absolute atomic E-state index is 12.3. The smallest absolute Gasteiger partial charge is 0.193 e. The number of benzene rings is 1. The van der Waals surface area contributed by atoms with E-state index in [4.69, 9.17) is 5.84 Å². The molecule has 0 spiro atoms. The molecule has 1 aromatic heterocycles. The molecule has 1 aromatic carbocycles. The molecule has 3 rings (SSSR count). The van der Waals surface area contributed by atoms with Gasteiger partial charge in [0.15, 0.2) is 14.9 Å². The van der Waals surface area contributed by atoms with Crippen molar-refractivity contribution in [3.8, 4) is 0 Å². The summed E-state index contributed by atoms with van der Waals surface area (Å²) >= 11 is 0. The molecule has 1 fully saturated rings. The molecule has 2 aromatic rings. The number of sulfone groups is 1. The molecule has 0 bridgehead atoms. The molecule has 0 amide bonds. The van der Waals surface area contributed by atoms with E-state index >= 15 is 0 Å². The van der Waals surface area contributed by atoms with Gasteiger partial charge in [-0.1, -0.05) is 11.6 Å². The topological polar surface area (TPSA) is 68.3 Å². The van der Waals surface area contributed by atoms with Crippen molar-refractivity contribution in [2.24, 2.45) is 0 Å². The van der Waals surface area contributed by atoms with Crippen molar-refractivity contribution in [3.63, 3.8) is 0 Å². The van der Waals surface area contributed by atoms with Gasteiger partial charge >= 0.3 is 0 Å². The standard InChI is InChI=1S/C16H23N3O2S/c1-11-4-5-14-13(10-11)15(12-6-8-18(2)9-7-12)16(19(14)17)22(3,20)21/h4-5,10,12H,6-9,17H2,1-3H3. The summed E-state index contributed by atoms with van der Waals surface area (Å²) in [6.45, 7) is 3.99. The van der Waals surface area contributed by atoms with Gasteiger partial charge in [-0.05, 0) is 58.0 Å². The lowest BCUT2D eigenvalue weighted by Gasteiger charge is -2.29. The maximum atomic E-state index is 12.3. The van der Waals surface area contributed by atoms with Crippen molar-refractivity contribution in [1.82, 2.24) is 9.58 Å². The lowest BCUT2D eigenvalue weighted by molar-refractivity contribution is 0.254. The Morgan fingerprint density at radius 1 is 1.23 bits per heavy atom. The van der Waals surface area contributed by atoms with E-state index < -0.39 is 9.84 Å². The predicted molar refractivity (Wildman–Crippen MR) is 89.4 cm³/mol. The molecule has 1 saturated heterocycles. The summed E-state index contributed by atoms with van der Waals surface area (Å²) in [5, 5.41) is 1.26. The van der Waals surface area contributed by atoms with Gasteiger partial charge in [0.05, 0.1) is 5.52 Å². The summed E-state index contributed by atoms with van der Waals surface area (Å²) in [6, 6.07) is 5.94. The lowest BCUT2D eigenvalue weighted by Crippen LogP contribution is -2.30. The molecule has 0 atom stereocenters. The molecule has 2 heterocycles. The van der Waals surface area contributed by atoms with Crippen LogP contribution >= 0.6 is 0 Å². The van der Waals surface area contributed by atoms with E-state index in [2.05, 4.69) is 18.0 Å². The second-order valence-corrected chi connectivity index (χ2v) is 8.39. The number of nitrogens with two attached hydrogens (primary N) is 1. The van der Waals surface area contributed by atoms with E-state index in [1.807, 2.05) is 19.1 Å². The highest BCUT2D eigenvalue weighted by atomic mass is 32.2. The van der Waals surface area contributed by atoms with E-state index in [9.17, 15) is 8.42 Å². The Morgan fingerprint density at radius 3 is 2.45 bits per heavy atom. The molecule has 2 N–H and O–H groups in total. The first-order valence-electron chi connectivity index (χ1n) is 7.57. The fourth-order valence-electron chi connectivity index (χ4n) is 3.50. The van der Waals surface area contributed by atoms with Gasteiger partial charge in [0.1, 0.15) is 0 Å². The Balaban J connectivity index is 2.28. The van der Waals surface area contributed by atoms with Crippen LogP contribution < -0.4 is 5.84 Å². The van der Waals surface area contributed by atoms with E-state index in [1.165, 1.54) is 10.9 Å². The number of hydrogen-bond donors (Lipinski definition) is 1. The van der Waals surface area contributed by atoms with Crippen LogP contribution in [0.25, 0.3) is 10.9 Å². The Bertz CT molecular complexity index is 816. The fraction of sp³-hybridized carbons (Fsp3) is 0.500. The second kappa shape index (κ2) is 5.28. The zero-order chi connectivity index (χ0) is 16.1. The number of nitrogen functional groups attached to an aromatic ring is 1. The minimum absolute atomic E-state index is 0.245. The number of piperidine rings is 1. The quantitative estimate of drug-likeness (QED) is 0.858. The van der Waals surface area contributed by atoms with E-state index in [-0.39, 0.29) is 10.9 Å².